The van der Waals surface area contributed by atoms with Gasteiger partial charge >= 0.3 is 0 Å². The van der Waals surface area contributed by atoms with E-state index >= 15 is 0 Å². The molecule has 2 fully saturated rings. The smallest absolute Gasteiger partial charge is 0.225 e. The Hall–Kier alpha value is -1.06. The van der Waals surface area contributed by atoms with Gasteiger partial charge in [-0.05, 0) is 57.8 Å². The molecule has 1 saturated heterocycles. The number of likely N-dealkylation sites (tertiary alicyclic amines) is 1. The van der Waals surface area contributed by atoms with Gasteiger partial charge in [-0.3, -0.25) is 9.59 Å². The van der Waals surface area contributed by atoms with Crippen LogP contribution < -0.4 is 5.32 Å². The molecular weight excluding hydrogens is 276 g/mol. The number of amides is 2. The summed E-state index contributed by atoms with van der Waals surface area (Å²) in [6.07, 6.45) is 9.13. The van der Waals surface area contributed by atoms with Crippen LogP contribution >= 0.6 is 0 Å². The quantitative estimate of drug-likeness (QED) is 0.848. The number of rotatable bonds is 5. The topological polar surface area (TPSA) is 49.4 Å². The van der Waals surface area contributed by atoms with Gasteiger partial charge in [0, 0.05) is 31.0 Å². The number of nitrogens with zero attached hydrogens (tertiary/aromatic N) is 1. The van der Waals surface area contributed by atoms with Crippen LogP contribution in [0.25, 0.3) is 0 Å². The molecule has 0 aromatic heterocycles. The van der Waals surface area contributed by atoms with Gasteiger partial charge in [0.25, 0.3) is 0 Å². The van der Waals surface area contributed by atoms with E-state index < -0.39 is 0 Å². The molecule has 1 heterocycles. The first kappa shape index (κ1) is 17.3. The zero-order valence-electron chi connectivity index (χ0n) is 14.3. The minimum atomic E-state index is 0.124. The molecule has 0 aromatic rings. The molecule has 126 valence electrons. The predicted molar refractivity (Wildman–Crippen MR) is 88.4 cm³/mol. The minimum absolute atomic E-state index is 0.124. The Balaban J connectivity index is 1.82. The largest absolute Gasteiger partial charge is 0.356 e. The second-order valence-corrected chi connectivity index (χ2v) is 6.93. The molecule has 22 heavy (non-hydrogen) atoms. The zero-order valence-corrected chi connectivity index (χ0v) is 14.3. The second kappa shape index (κ2) is 8.54. The molecule has 2 rings (SSSR count). The Morgan fingerprint density at radius 2 is 1.68 bits per heavy atom. The van der Waals surface area contributed by atoms with E-state index in [4.69, 9.17) is 0 Å². The summed E-state index contributed by atoms with van der Waals surface area (Å²) in [6.45, 7) is 5.96. The normalized spacial score (nSPS) is 29.2. The average molecular weight is 308 g/mol. The maximum atomic E-state index is 12.8. The summed E-state index contributed by atoms with van der Waals surface area (Å²) in [7, 11) is 0. The zero-order chi connectivity index (χ0) is 15.9. The fraction of sp³-hybridized carbons (Fsp3) is 0.889. The van der Waals surface area contributed by atoms with E-state index in [-0.39, 0.29) is 17.7 Å². The van der Waals surface area contributed by atoms with Crippen LogP contribution in [0.15, 0.2) is 0 Å². The van der Waals surface area contributed by atoms with Crippen molar-refractivity contribution in [2.75, 3.05) is 13.1 Å². The highest BCUT2D eigenvalue weighted by molar-refractivity contribution is 5.81. The van der Waals surface area contributed by atoms with Crippen molar-refractivity contribution in [1.82, 2.24) is 10.2 Å². The SMILES string of the molecule is CCCNC(=O)C1CCC(C(=O)N2CCCCC2CC)CC1. The van der Waals surface area contributed by atoms with Crippen molar-refractivity contribution in [1.29, 1.82) is 0 Å². The maximum Gasteiger partial charge on any atom is 0.225 e. The highest BCUT2D eigenvalue weighted by Gasteiger charge is 2.34. The van der Waals surface area contributed by atoms with Crippen LogP contribution in [0.3, 0.4) is 0 Å². The summed E-state index contributed by atoms with van der Waals surface area (Å²) in [5.41, 5.74) is 0. The Kier molecular flexibility index (Phi) is 6.71. The van der Waals surface area contributed by atoms with Crippen molar-refractivity contribution in [2.24, 2.45) is 11.8 Å². The van der Waals surface area contributed by atoms with E-state index in [2.05, 4.69) is 24.1 Å². The van der Waals surface area contributed by atoms with Crippen LogP contribution in [0, 0.1) is 11.8 Å². The molecule has 1 atom stereocenters. The third-order valence-electron chi connectivity index (χ3n) is 5.38. The number of carbonyl (C=O) groups is 2. The molecule has 0 bridgehead atoms. The monoisotopic (exact) mass is 308 g/mol. The van der Waals surface area contributed by atoms with Crippen molar-refractivity contribution in [3.63, 3.8) is 0 Å². The van der Waals surface area contributed by atoms with Crippen LogP contribution in [0.5, 0.6) is 0 Å². The molecule has 1 aliphatic carbocycles. The number of nitrogens with one attached hydrogen (secondary N) is 1. The molecule has 0 spiro atoms. The highest BCUT2D eigenvalue weighted by atomic mass is 16.2. The van der Waals surface area contributed by atoms with Gasteiger partial charge in [-0.2, -0.15) is 0 Å². The Bertz CT molecular complexity index is 375. The molecule has 2 aliphatic rings. The van der Waals surface area contributed by atoms with E-state index in [0.29, 0.717) is 11.9 Å². The van der Waals surface area contributed by atoms with Crippen LogP contribution in [-0.4, -0.2) is 35.8 Å². The highest BCUT2D eigenvalue weighted by Crippen LogP contribution is 2.32. The number of hydrogen-bond acceptors (Lipinski definition) is 2. The summed E-state index contributed by atoms with van der Waals surface area (Å²) < 4.78 is 0. The van der Waals surface area contributed by atoms with Crippen molar-refractivity contribution in [3.8, 4) is 0 Å². The van der Waals surface area contributed by atoms with Gasteiger partial charge in [-0.25, -0.2) is 0 Å². The summed E-state index contributed by atoms with van der Waals surface area (Å²) in [4.78, 5) is 27.0. The van der Waals surface area contributed by atoms with Crippen molar-refractivity contribution in [3.05, 3.63) is 0 Å². The molecule has 4 heteroatoms. The number of piperidine rings is 1. The third-order valence-corrected chi connectivity index (χ3v) is 5.38. The van der Waals surface area contributed by atoms with E-state index in [1.54, 1.807) is 0 Å². The van der Waals surface area contributed by atoms with E-state index in [9.17, 15) is 9.59 Å². The fourth-order valence-corrected chi connectivity index (χ4v) is 3.94. The van der Waals surface area contributed by atoms with Crippen LogP contribution in [0.1, 0.15) is 71.6 Å². The lowest BCUT2D eigenvalue weighted by molar-refractivity contribution is -0.141. The van der Waals surface area contributed by atoms with Gasteiger partial charge in [0.15, 0.2) is 0 Å². The van der Waals surface area contributed by atoms with Gasteiger partial charge in [0.05, 0.1) is 0 Å². The number of hydrogen-bond donors (Lipinski definition) is 1. The fourth-order valence-electron chi connectivity index (χ4n) is 3.94. The molecular formula is C18H32N2O2. The Labute approximate surface area is 135 Å². The molecule has 1 saturated carbocycles. The third kappa shape index (κ3) is 4.23. The molecule has 1 aliphatic heterocycles. The van der Waals surface area contributed by atoms with E-state index in [1.165, 1.54) is 6.42 Å². The molecule has 0 aromatic carbocycles. The predicted octanol–water partition coefficient (Wildman–Crippen LogP) is 3.11. The minimum Gasteiger partial charge on any atom is -0.356 e. The first-order valence-electron chi connectivity index (χ1n) is 9.25. The first-order valence-corrected chi connectivity index (χ1v) is 9.25. The van der Waals surface area contributed by atoms with Crippen LogP contribution in [0.4, 0.5) is 0 Å². The van der Waals surface area contributed by atoms with Gasteiger partial charge in [0.2, 0.25) is 11.8 Å². The lowest BCUT2D eigenvalue weighted by atomic mass is 9.80. The number of carbonyl (C=O) groups excluding carboxylic acids is 2. The average Bonchev–Trinajstić information content (AvgIpc) is 2.59. The molecule has 1 N–H and O–H groups in total. The summed E-state index contributed by atoms with van der Waals surface area (Å²) in [5.74, 6) is 0.831. The molecule has 2 amide bonds. The van der Waals surface area contributed by atoms with Crippen LogP contribution in [0.2, 0.25) is 0 Å². The van der Waals surface area contributed by atoms with Crippen molar-refractivity contribution >= 4 is 11.8 Å². The van der Waals surface area contributed by atoms with Gasteiger partial charge in [-0.1, -0.05) is 13.8 Å². The van der Waals surface area contributed by atoms with E-state index in [0.717, 1.165) is 64.5 Å². The summed E-state index contributed by atoms with van der Waals surface area (Å²) >= 11 is 0. The Morgan fingerprint density at radius 3 is 2.32 bits per heavy atom. The Morgan fingerprint density at radius 1 is 1.00 bits per heavy atom. The van der Waals surface area contributed by atoms with Gasteiger partial charge < -0.3 is 10.2 Å². The molecule has 1 unspecified atom stereocenters. The molecule has 0 radical (unpaired) electrons. The van der Waals surface area contributed by atoms with Gasteiger partial charge in [0.1, 0.15) is 0 Å². The summed E-state index contributed by atoms with van der Waals surface area (Å²) in [6, 6.07) is 0.451. The summed E-state index contributed by atoms with van der Waals surface area (Å²) in [5, 5.41) is 2.99. The lowest BCUT2D eigenvalue weighted by Crippen LogP contribution is -2.47. The lowest BCUT2D eigenvalue weighted by Gasteiger charge is -2.39. The van der Waals surface area contributed by atoms with Crippen LogP contribution in [-0.2, 0) is 9.59 Å². The van der Waals surface area contributed by atoms with Crippen molar-refractivity contribution < 1.29 is 9.59 Å². The standard InChI is InChI=1S/C18H32N2O2/c1-3-12-19-17(21)14-8-10-15(11-9-14)18(22)20-13-6-5-7-16(20)4-2/h14-16H,3-13H2,1-2H3,(H,19,21). The second-order valence-electron chi connectivity index (χ2n) is 6.93. The van der Waals surface area contributed by atoms with E-state index in [1.807, 2.05) is 0 Å². The van der Waals surface area contributed by atoms with Gasteiger partial charge in [-0.15, -0.1) is 0 Å². The molecule has 4 nitrogen and oxygen atoms in total. The maximum absolute atomic E-state index is 12.8. The van der Waals surface area contributed by atoms with Crippen molar-refractivity contribution in [2.45, 2.75) is 77.7 Å². The first-order chi connectivity index (χ1) is 10.7.